The van der Waals surface area contributed by atoms with Gasteiger partial charge in [-0.3, -0.25) is 0 Å². The van der Waals surface area contributed by atoms with Crippen molar-refractivity contribution >= 4 is 0 Å². The molecule has 1 aromatic rings. The van der Waals surface area contributed by atoms with Crippen molar-refractivity contribution in [3.05, 3.63) is 23.2 Å². The zero-order chi connectivity index (χ0) is 11.4. The number of nitrogens with one attached hydrogen (secondary N) is 1. The van der Waals surface area contributed by atoms with E-state index in [1.165, 1.54) is 12.0 Å². The number of furan rings is 1. The molecule has 2 heteroatoms. The molecule has 0 amide bonds. The first-order chi connectivity index (χ1) is 6.99. The lowest BCUT2D eigenvalue weighted by atomic mass is 10.1. The van der Waals surface area contributed by atoms with Gasteiger partial charge >= 0.3 is 0 Å². The van der Waals surface area contributed by atoms with Crippen LogP contribution in [0, 0.1) is 19.8 Å². The maximum absolute atomic E-state index is 5.61. The highest BCUT2D eigenvalue weighted by Crippen LogP contribution is 2.13. The predicted octanol–water partition coefficient (Wildman–Crippen LogP) is 3.42. The van der Waals surface area contributed by atoms with Gasteiger partial charge in [-0.1, -0.05) is 13.8 Å². The van der Waals surface area contributed by atoms with Crippen molar-refractivity contribution in [3.8, 4) is 0 Å². The zero-order valence-electron chi connectivity index (χ0n) is 10.6. The van der Waals surface area contributed by atoms with E-state index in [1.54, 1.807) is 0 Å². The highest BCUT2D eigenvalue weighted by Gasteiger charge is 2.07. The minimum Gasteiger partial charge on any atom is -0.465 e. The van der Waals surface area contributed by atoms with Crippen LogP contribution in [0.5, 0.6) is 0 Å². The second-order valence-electron chi connectivity index (χ2n) is 4.86. The van der Waals surface area contributed by atoms with Crippen LogP contribution in [-0.2, 0) is 6.54 Å². The largest absolute Gasteiger partial charge is 0.465 e. The Labute approximate surface area is 93.1 Å². The highest BCUT2D eigenvalue weighted by molar-refractivity contribution is 5.18. The van der Waals surface area contributed by atoms with E-state index in [2.05, 4.69) is 39.1 Å². The number of rotatable bonds is 5. The highest BCUT2D eigenvalue weighted by atomic mass is 16.3. The summed E-state index contributed by atoms with van der Waals surface area (Å²) in [4.78, 5) is 0. The van der Waals surface area contributed by atoms with Crippen LogP contribution in [0.4, 0.5) is 0 Å². The molecule has 0 radical (unpaired) electrons. The van der Waals surface area contributed by atoms with Crippen molar-refractivity contribution in [3.63, 3.8) is 0 Å². The molecule has 0 aromatic carbocycles. The first kappa shape index (κ1) is 12.3. The topological polar surface area (TPSA) is 25.2 Å². The first-order valence-electron chi connectivity index (χ1n) is 5.78. The van der Waals surface area contributed by atoms with E-state index in [-0.39, 0.29) is 0 Å². The van der Waals surface area contributed by atoms with Crippen LogP contribution in [0.1, 0.15) is 44.3 Å². The fraction of sp³-hybridized carbons (Fsp3) is 0.692. The van der Waals surface area contributed by atoms with Crippen LogP contribution < -0.4 is 5.32 Å². The summed E-state index contributed by atoms with van der Waals surface area (Å²) in [5.74, 6) is 2.82. The van der Waals surface area contributed by atoms with Gasteiger partial charge in [0.2, 0.25) is 0 Å². The molecule has 0 spiro atoms. The monoisotopic (exact) mass is 209 g/mol. The van der Waals surface area contributed by atoms with Gasteiger partial charge < -0.3 is 9.73 Å². The van der Waals surface area contributed by atoms with Gasteiger partial charge in [0.15, 0.2) is 0 Å². The third-order valence-electron chi connectivity index (χ3n) is 2.67. The van der Waals surface area contributed by atoms with E-state index in [1.807, 2.05) is 6.92 Å². The lowest BCUT2D eigenvalue weighted by molar-refractivity contribution is 0.403. The standard InChI is InChI=1S/C13H23NO/c1-9(2)6-11(4)14-8-13-7-10(3)12(5)15-13/h7,9,11,14H,6,8H2,1-5H3. The molecular formula is C13H23NO. The molecule has 1 unspecified atom stereocenters. The van der Waals surface area contributed by atoms with Gasteiger partial charge in [-0.15, -0.1) is 0 Å². The van der Waals surface area contributed by atoms with Crippen molar-refractivity contribution in [1.82, 2.24) is 5.32 Å². The zero-order valence-corrected chi connectivity index (χ0v) is 10.6. The van der Waals surface area contributed by atoms with E-state index in [0.29, 0.717) is 6.04 Å². The molecule has 1 aromatic heterocycles. The minimum atomic E-state index is 0.552. The van der Waals surface area contributed by atoms with Crippen LogP contribution in [-0.4, -0.2) is 6.04 Å². The summed E-state index contributed by atoms with van der Waals surface area (Å²) in [6, 6.07) is 2.67. The van der Waals surface area contributed by atoms with Crippen molar-refractivity contribution < 1.29 is 4.42 Å². The van der Waals surface area contributed by atoms with Gasteiger partial charge in [-0.25, -0.2) is 0 Å². The van der Waals surface area contributed by atoms with Crippen LogP contribution >= 0.6 is 0 Å². The van der Waals surface area contributed by atoms with Crippen molar-refractivity contribution in [1.29, 1.82) is 0 Å². The van der Waals surface area contributed by atoms with Gasteiger partial charge in [0.1, 0.15) is 11.5 Å². The summed E-state index contributed by atoms with van der Waals surface area (Å²) >= 11 is 0. The molecule has 0 aliphatic heterocycles. The summed E-state index contributed by atoms with van der Waals surface area (Å²) in [5.41, 5.74) is 1.24. The molecule has 0 saturated heterocycles. The van der Waals surface area contributed by atoms with Gasteiger partial charge in [0.25, 0.3) is 0 Å². The van der Waals surface area contributed by atoms with E-state index in [0.717, 1.165) is 24.0 Å². The molecule has 0 bridgehead atoms. The van der Waals surface area contributed by atoms with Crippen LogP contribution in [0.15, 0.2) is 10.5 Å². The molecule has 0 saturated carbocycles. The fourth-order valence-corrected chi connectivity index (χ4v) is 1.80. The molecule has 1 atom stereocenters. The molecule has 0 aliphatic carbocycles. The van der Waals surface area contributed by atoms with Gasteiger partial charge in [-0.2, -0.15) is 0 Å². The molecule has 2 nitrogen and oxygen atoms in total. The third-order valence-corrected chi connectivity index (χ3v) is 2.67. The normalized spacial score (nSPS) is 13.5. The lowest BCUT2D eigenvalue weighted by Gasteiger charge is -2.14. The Morgan fingerprint density at radius 1 is 1.27 bits per heavy atom. The minimum absolute atomic E-state index is 0.552. The van der Waals surface area contributed by atoms with E-state index in [9.17, 15) is 0 Å². The Kier molecular flexibility index (Phi) is 4.40. The van der Waals surface area contributed by atoms with E-state index < -0.39 is 0 Å². The fourth-order valence-electron chi connectivity index (χ4n) is 1.80. The van der Waals surface area contributed by atoms with Gasteiger partial charge in [-0.05, 0) is 44.7 Å². The Bertz CT molecular complexity index is 282. The SMILES string of the molecule is Cc1cc(CNC(C)CC(C)C)oc1C. The second kappa shape index (κ2) is 5.36. The molecule has 15 heavy (non-hydrogen) atoms. The number of hydrogen-bond acceptors (Lipinski definition) is 2. The van der Waals surface area contributed by atoms with Crippen LogP contribution in [0.25, 0.3) is 0 Å². The second-order valence-corrected chi connectivity index (χ2v) is 4.86. The lowest BCUT2D eigenvalue weighted by Crippen LogP contribution is -2.26. The van der Waals surface area contributed by atoms with Crippen molar-refractivity contribution in [2.75, 3.05) is 0 Å². The number of hydrogen-bond donors (Lipinski definition) is 1. The Morgan fingerprint density at radius 2 is 1.93 bits per heavy atom. The molecule has 86 valence electrons. The smallest absolute Gasteiger partial charge is 0.118 e. The average Bonchev–Trinajstić information content (AvgIpc) is 2.42. The summed E-state index contributed by atoms with van der Waals surface area (Å²) in [7, 11) is 0. The average molecular weight is 209 g/mol. The molecular weight excluding hydrogens is 186 g/mol. The predicted molar refractivity (Wildman–Crippen MR) is 63.9 cm³/mol. The summed E-state index contributed by atoms with van der Waals surface area (Å²) in [5, 5.41) is 3.48. The van der Waals surface area contributed by atoms with Crippen LogP contribution in [0.3, 0.4) is 0 Å². The molecule has 0 fully saturated rings. The molecule has 1 heterocycles. The van der Waals surface area contributed by atoms with E-state index >= 15 is 0 Å². The third kappa shape index (κ3) is 4.08. The van der Waals surface area contributed by atoms with Gasteiger partial charge in [0.05, 0.1) is 6.54 Å². The summed E-state index contributed by atoms with van der Waals surface area (Å²) in [6.07, 6.45) is 1.21. The molecule has 0 aliphatic rings. The maximum atomic E-state index is 5.61. The maximum Gasteiger partial charge on any atom is 0.118 e. The summed E-state index contributed by atoms with van der Waals surface area (Å²) in [6.45, 7) is 11.7. The Morgan fingerprint density at radius 3 is 2.40 bits per heavy atom. The van der Waals surface area contributed by atoms with Crippen LogP contribution in [0.2, 0.25) is 0 Å². The Hall–Kier alpha value is -0.760. The number of aryl methyl sites for hydroxylation is 2. The van der Waals surface area contributed by atoms with Gasteiger partial charge in [0, 0.05) is 6.04 Å². The van der Waals surface area contributed by atoms with Crippen molar-refractivity contribution in [2.24, 2.45) is 5.92 Å². The van der Waals surface area contributed by atoms with E-state index in [4.69, 9.17) is 4.42 Å². The molecule has 1 rings (SSSR count). The molecule has 1 N–H and O–H groups in total. The first-order valence-corrected chi connectivity index (χ1v) is 5.78. The summed E-state index contributed by atoms with van der Waals surface area (Å²) < 4.78 is 5.61. The quantitative estimate of drug-likeness (QED) is 0.803. The van der Waals surface area contributed by atoms with Crippen molar-refractivity contribution in [2.45, 2.75) is 53.6 Å². The Balaban J connectivity index is 2.36.